The van der Waals surface area contributed by atoms with Gasteiger partial charge in [-0.3, -0.25) is 0 Å². The number of benzene rings is 2. The van der Waals surface area contributed by atoms with E-state index in [0.717, 1.165) is 22.6 Å². The van der Waals surface area contributed by atoms with E-state index >= 15 is 0 Å². The van der Waals surface area contributed by atoms with Crippen molar-refractivity contribution in [3.63, 3.8) is 0 Å². The summed E-state index contributed by atoms with van der Waals surface area (Å²) in [5.41, 5.74) is 9.26. The molecule has 0 spiro atoms. The maximum Gasteiger partial charge on any atom is 0.121 e. The van der Waals surface area contributed by atoms with Gasteiger partial charge in [0.25, 0.3) is 0 Å². The number of nitrogens with zero attached hydrogens (tertiary/aromatic N) is 1. The van der Waals surface area contributed by atoms with Gasteiger partial charge in [0, 0.05) is 11.8 Å². The molecule has 2 rings (SSSR count). The number of aryl methyl sites for hydroxylation is 1. The first kappa shape index (κ1) is 12.0. The van der Waals surface area contributed by atoms with Gasteiger partial charge in [0.15, 0.2) is 0 Å². The number of rotatable bonds is 3. The lowest BCUT2D eigenvalue weighted by molar-refractivity contribution is 0.306. The summed E-state index contributed by atoms with van der Waals surface area (Å²) in [5.74, 6) is 0.752. The molecule has 2 aromatic carbocycles. The molecule has 0 fully saturated rings. The van der Waals surface area contributed by atoms with Gasteiger partial charge in [-0.15, -0.1) is 0 Å². The molecule has 0 heterocycles. The Bertz CT molecular complexity index is 582. The summed E-state index contributed by atoms with van der Waals surface area (Å²) in [6, 6.07) is 15.1. The van der Waals surface area contributed by atoms with Crippen LogP contribution in [0.4, 0.5) is 5.69 Å². The number of nitrogens with two attached hydrogens (primary N) is 1. The molecule has 3 heteroatoms. The van der Waals surface area contributed by atoms with Crippen LogP contribution in [-0.4, -0.2) is 0 Å². The zero-order valence-electron chi connectivity index (χ0n) is 10.2. The predicted octanol–water partition coefficient (Wildman–Crippen LogP) is 3.03. The minimum absolute atomic E-state index is 0.466. The fourth-order valence-electron chi connectivity index (χ4n) is 1.55. The van der Waals surface area contributed by atoms with E-state index in [2.05, 4.69) is 6.07 Å². The van der Waals surface area contributed by atoms with Gasteiger partial charge in [-0.25, -0.2) is 0 Å². The third kappa shape index (κ3) is 2.80. The van der Waals surface area contributed by atoms with Crippen molar-refractivity contribution in [3.05, 3.63) is 59.2 Å². The van der Waals surface area contributed by atoms with Crippen molar-refractivity contribution in [1.29, 1.82) is 5.26 Å². The zero-order valence-corrected chi connectivity index (χ0v) is 10.2. The Labute approximate surface area is 106 Å². The molecule has 18 heavy (non-hydrogen) atoms. The highest BCUT2D eigenvalue weighted by Gasteiger charge is 1.99. The Balaban J connectivity index is 2.02. The summed E-state index contributed by atoms with van der Waals surface area (Å²) in [5, 5.41) is 8.70. The first-order valence-electron chi connectivity index (χ1n) is 5.67. The highest BCUT2D eigenvalue weighted by molar-refractivity contribution is 5.50. The molecule has 2 N–H and O–H groups in total. The standard InChI is InChI=1S/C15H14N2O/c1-11-2-7-14(8-15(11)17)18-10-13-5-3-12(9-16)4-6-13/h2-8H,10,17H2,1H3. The minimum atomic E-state index is 0.466. The highest BCUT2D eigenvalue weighted by atomic mass is 16.5. The molecule has 0 aromatic heterocycles. The predicted molar refractivity (Wildman–Crippen MR) is 71.1 cm³/mol. The number of hydrogen-bond donors (Lipinski definition) is 1. The fourth-order valence-corrected chi connectivity index (χ4v) is 1.55. The first-order chi connectivity index (χ1) is 8.69. The van der Waals surface area contributed by atoms with Crippen molar-refractivity contribution in [2.24, 2.45) is 0 Å². The van der Waals surface area contributed by atoms with E-state index in [9.17, 15) is 0 Å². The van der Waals surface area contributed by atoms with Crippen LogP contribution in [-0.2, 0) is 6.61 Å². The molecule has 2 aromatic rings. The lowest BCUT2D eigenvalue weighted by Crippen LogP contribution is -1.97. The lowest BCUT2D eigenvalue weighted by Gasteiger charge is -2.08. The summed E-state index contributed by atoms with van der Waals surface area (Å²) >= 11 is 0. The van der Waals surface area contributed by atoms with Gasteiger partial charge in [-0.05, 0) is 36.2 Å². The van der Waals surface area contributed by atoms with Crippen LogP contribution in [0.2, 0.25) is 0 Å². The Morgan fingerprint density at radius 1 is 1.17 bits per heavy atom. The van der Waals surface area contributed by atoms with Crippen LogP contribution in [0.1, 0.15) is 16.7 Å². The van der Waals surface area contributed by atoms with Crippen LogP contribution in [0.3, 0.4) is 0 Å². The van der Waals surface area contributed by atoms with Gasteiger partial charge >= 0.3 is 0 Å². The third-order valence-electron chi connectivity index (χ3n) is 2.74. The second-order valence-corrected chi connectivity index (χ2v) is 4.12. The maximum atomic E-state index is 8.70. The summed E-state index contributed by atoms with van der Waals surface area (Å²) < 4.78 is 5.64. The average Bonchev–Trinajstić information content (AvgIpc) is 2.41. The quantitative estimate of drug-likeness (QED) is 0.836. The van der Waals surface area contributed by atoms with E-state index < -0.39 is 0 Å². The smallest absolute Gasteiger partial charge is 0.121 e. The van der Waals surface area contributed by atoms with Gasteiger partial charge in [-0.1, -0.05) is 18.2 Å². The van der Waals surface area contributed by atoms with Gasteiger partial charge in [0.1, 0.15) is 12.4 Å². The Morgan fingerprint density at radius 3 is 2.50 bits per heavy atom. The zero-order chi connectivity index (χ0) is 13.0. The molecule has 0 saturated carbocycles. The second-order valence-electron chi connectivity index (χ2n) is 4.12. The molecule has 3 nitrogen and oxygen atoms in total. The number of nitriles is 1. The molecular weight excluding hydrogens is 224 g/mol. The number of anilines is 1. The van der Waals surface area contributed by atoms with E-state index in [-0.39, 0.29) is 0 Å². The molecule has 0 saturated heterocycles. The second kappa shape index (κ2) is 5.24. The van der Waals surface area contributed by atoms with Crippen molar-refractivity contribution in [2.75, 3.05) is 5.73 Å². The van der Waals surface area contributed by atoms with Crippen molar-refractivity contribution < 1.29 is 4.74 Å². The number of hydrogen-bond acceptors (Lipinski definition) is 3. The Hall–Kier alpha value is -2.47. The van der Waals surface area contributed by atoms with Gasteiger partial charge in [-0.2, -0.15) is 5.26 Å². The van der Waals surface area contributed by atoms with E-state index in [4.69, 9.17) is 15.7 Å². The van der Waals surface area contributed by atoms with Crippen LogP contribution in [0, 0.1) is 18.3 Å². The van der Waals surface area contributed by atoms with Crippen LogP contribution in [0.15, 0.2) is 42.5 Å². The summed E-state index contributed by atoms with van der Waals surface area (Å²) in [7, 11) is 0. The van der Waals surface area contributed by atoms with E-state index in [0.29, 0.717) is 12.2 Å². The third-order valence-corrected chi connectivity index (χ3v) is 2.74. The molecule has 0 amide bonds. The van der Waals surface area contributed by atoms with E-state index in [1.165, 1.54) is 0 Å². The largest absolute Gasteiger partial charge is 0.489 e. The summed E-state index contributed by atoms with van der Waals surface area (Å²) in [6.45, 7) is 2.42. The van der Waals surface area contributed by atoms with Crippen molar-refractivity contribution >= 4 is 5.69 Å². The van der Waals surface area contributed by atoms with Gasteiger partial charge in [0.05, 0.1) is 11.6 Å². The lowest BCUT2D eigenvalue weighted by atomic mass is 10.1. The van der Waals surface area contributed by atoms with Crippen LogP contribution in [0.5, 0.6) is 5.75 Å². The minimum Gasteiger partial charge on any atom is -0.489 e. The van der Waals surface area contributed by atoms with Crippen molar-refractivity contribution in [3.8, 4) is 11.8 Å². The molecule has 0 bridgehead atoms. The van der Waals surface area contributed by atoms with Crippen molar-refractivity contribution in [1.82, 2.24) is 0 Å². The molecule has 0 aliphatic rings. The number of nitrogen functional groups attached to an aromatic ring is 1. The molecule has 0 aliphatic heterocycles. The summed E-state index contributed by atoms with van der Waals surface area (Å²) in [4.78, 5) is 0. The van der Waals surface area contributed by atoms with Crippen LogP contribution < -0.4 is 10.5 Å². The molecular formula is C15H14N2O. The average molecular weight is 238 g/mol. The Kier molecular flexibility index (Phi) is 3.49. The van der Waals surface area contributed by atoms with Crippen LogP contribution >= 0.6 is 0 Å². The molecule has 0 aliphatic carbocycles. The summed E-state index contributed by atoms with van der Waals surface area (Å²) in [6.07, 6.45) is 0. The Morgan fingerprint density at radius 2 is 1.89 bits per heavy atom. The van der Waals surface area contributed by atoms with E-state index in [1.54, 1.807) is 12.1 Å². The highest BCUT2D eigenvalue weighted by Crippen LogP contribution is 2.20. The van der Waals surface area contributed by atoms with Crippen LogP contribution in [0.25, 0.3) is 0 Å². The molecule has 0 atom stereocenters. The monoisotopic (exact) mass is 238 g/mol. The number of ether oxygens (including phenoxy) is 1. The van der Waals surface area contributed by atoms with Crippen molar-refractivity contribution in [2.45, 2.75) is 13.5 Å². The first-order valence-corrected chi connectivity index (χ1v) is 5.67. The van der Waals surface area contributed by atoms with Gasteiger partial charge in [0.2, 0.25) is 0 Å². The van der Waals surface area contributed by atoms with E-state index in [1.807, 2.05) is 37.3 Å². The molecule has 90 valence electrons. The fraction of sp³-hybridized carbons (Fsp3) is 0.133. The SMILES string of the molecule is Cc1ccc(OCc2ccc(C#N)cc2)cc1N. The van der Waals surface area contributed by atoms with Gasteiger partial charge < -0.3 is 10.5 Å². The molecule has 0 unspecified atom stereocenters. The normalized spacial score (nSPS) is 9.78. The topological polar surface area (TPSA) is 59.0 Å². The maximum absolute atomic E-state index is 8.70. The molecule has 0 radical (unpaired) electrons.